The Balaban J connectivity index is 0.000000396. The maximum absolute atomic E-state index is 12.8. The molecule has 1 saturated heterocycles. The fraction of sp³-hybridized carbons (Fsp3) is 0.529. The molecule has 164 valence electrons. The van der Waals surface area contributed by atoms with Crippen LogP contribution >= 0.6 is 11.8 Å². The van der Waals surface area contributed by atoms with Crippen molar-refractivity contribution in [2.45, 2.75) is 24.8 Å². The summed E-state index contributed by atoms with van der Waals surface area (Å²) in [4.78, 5) is 33.0. The van der Waals surface area contributed by atoms with E-state index in [1.54, 1.807) is 18.5 Å². The topological polar surface area (TPSA) is 105 Å². The van der Waals surface area contributed by atoms with E-state index in [9.17, 15) is 18.0 Å². The summed E-state index contributed by atoms with van der Waals surface area (Å²) in [6, 6.07) is 0. The average molecular weight is 446 g/mol. The Labute approximate surface area is 174 Å². The molecule has 2 N–H and O–H groups in total. The van der Waals surface area contributed by atoms with Gasteiger partial charge in [0.25, 0.3) is 5.56 Å². The number of anilines is 1. The molecule has 0 unspecified atom stereocenters. The molecule has 13 heteroatoms. The Morgan fingerprint density at radius 2 is 1.90 bits per heavy atom. The van der Waals surface area contributed by atoms with Gasteiger partial charge in [-0.2, -0.15) is 18.2 Å². The van der Waals surface area contributed by atoms with E-state index in [1.165, 1.54) is 11.8 Å². The van der Waals surface area contributed by atoms with Gasteiger partial charge < -0.3 is 15.3 Å². The van der Waals surface area contributed by atoms with Crippen LogP contribution in [-0.4, -0.2) is 68.8 Å². The Morgan fingerprint density at radius 3 is 2.40 bits per heavy atom. The number of halogens is 3. The van der Waals surface area contributed by atoms with Crippen molar-refractivity contribution in [1.29, 1.82) is 0 Å². The number of carbonyl (C=O) groups is 1. The summed E-state index contributed by atoms with van der Waals surface area (Å²) in [6.45, 7) is 5.78. The first-order valence-electron chi connectivity index (χ1n) is 8.78. The van der Waals surface area contributed by atoms with Crippen LogP contribution in [0.15, 0.2) is 9.95 Å². The van der Waals surface area contributed by atoms with E-state index < -0.39 is 12.1 Å². The highest BCUT2D eigenvalue weighted by atomic mass is 32.2. The van der Waals surface area contributed by atoms with Crippen molar-refractivity contribution < 1.29 is 23.1 Å². The SMILES string of the molecule is CC#CCn1c(N2CCNCC2)nc2nc(SC)n(C)c(=O)c21.O=C(O)C(F)(F)F. The van der Waals surface area contributed by atoms with Gasteiger partial charge >= 0.3 is 12.1 Å². The number of hydrogen-bond donors (Lipinski definition) is 2. The van der Waals surface area contributed by atoms with Crippen LogP contribution in [-0.2, 0) is 18.4 Å². The Hall–Kier alpha value is -2.72. The highest BCUT2D eigenvalue weighted by molar-refractivity contribution is 7.98. The summed E-state index contributed by atoms with van der Waals surface area (Å²) in [5.41, 5.74) is 0.955. The number of carboxylic acids is 1. The van der Waals surface area contributed by atoms with Gasteiger partial charge in [0.1, 0.15) is 0 Å². The highest BCUT2D eigenvalue weighted by Gasteiger charge is 2.38. The Kier molecular flexibility index (Phi) is 7.74. The minimum absolute atomic E-state index is 0.0777. The van der Waals surface area contributed by atoms with E-state index in [0.29, 0.717) is 22.9 Å². The smallest absolute Gasteiger partial charge is 0.475 e. The van der Waals surface area contributed by atoms with Crippen molar-refractivity contribution in [3.63, 3.8) is 0 Å². The average Bonchev–Trinajstić information content (AvgIpc) is 3.08. The molecule has 0 saturated carbocycles. The molecular formula is C17H21F3N6O3S. The van der Waals surface area contributed by atoms with Gasteiger partial charge in [-0.1, -0.05) is 17.7 Å². The molecule has 0 atom stereocenters. The number of fused-ring (bicyclic) bond motifs is 1. The van der Waals surface area contributed by atoms with Crippen LogP contribution in [0.25, 0.3) is 11.2 Å². The molecule has 30 heavy (non-hydrogen) atoms. The standard InChI is InChI=1S/C15H20N6OS.C2HF3O2/c1-4-5-8-21-11-12(18-15(23-3)19(2)13(11)22)17-14(21)20-9-6-16-7-10-20;3-2(4,5)1(6)7/h16H,6-10H2,1-3H3;(H,6,7). The van der Waals surface area contributed by atoms with E-state index in [4.69, 9.17) is 9.90 Å². The molecule has 9 nitrogen and oxygen atoms in total. The zero-order chi connectivity index (χ0) is 22.5. The van der Waals surface area contributed by atoms with Gasteiger partial charge in [0, 0.05) is 33.2 Å². The minimum atomic E-state index is -5.08. The van der Waals surface area contributed by atoms with Crippen molar-refractivity contribution in [3.8, 4) is 11.8 Å². The highest BCUT2D eigenvalue weighted by Crippen LogP contribution is 2.21. The third kappa shape index (κ3) is 5.25. The number of imidazole rings is 1. The van der Waals surface area contributed by atoms with Crippen molar-refractivity contribution >= 4 is 34.8 Å². The zero-order valence-electron chi connectivity index (χ0n) is 16.6. The molecular weight excluding hydrogens is 425 g/mol. The number of carboxylic acid groups (broad SMARTS) is 1. The predicted octanol–water partition coefficient (Wildman–Crippen LogP) is 0.918. The molecule has 1 fully saturated rings. The summed E-state index contributed by atoms with van der Waals surface area (Å²) in [5.74, 6) is 3.97. The van der Waals surface area contributed by atoms with Crippen LogP contribution in [0.5, 0.6) is 0 Å². The Bertz CT molecular complexity index is 1030. The first-order chi connectivity index (χ1) is 14.1. The normalized spacial score (nSPS) is 14.0. The van der Waals surface area contributed by atoms with E-state index in [-0.39, 0.29) is 5.56 Å². The molecule has 0 aromatic carbocycles. The second-order valence-electron chi connectivity index (χ2n) is 6.10. The molecule has 0 aliphatic carbocycles. The number of rotatable bonds is 3. The van der Waals surface area contributed by atoms with Crippen LogP contribution in [0.4, 0.5) is 19.1 Å². The van der Waals surface area contributed by atoms with Gasteiger partial charge in [-0.05, 0) is 13.2 Å². The third-order valence-electron chi connectivity index (χ3n) is 4.16. The quantitative estimate of drug-likeness (QED) is 0.408. The molecule has 1 aliphatic heterocycles. The zero-order valence-corrected chi connectivity index (χ0v) is 17.4. The first kappa shape index (κ1) is 23.6. The number of hydrogen-bond acceptors (Lipinski definition) is 7. The predicted molar refractivity (Wildman–Crippen MR) is 107 cm³/mol. The molecule has 0 bridgehead atoms. The number of aliphatic carboxylic acids is 1. The fourth-order valence-electron chi connectivity index (χ4n) is 2.73. The molecule has 0 amide bonds. The summed E-state index contributed by atoms with van der Waals surface area (Å²) in [7, 11) is 1.74. The van der Waals surface area contributed by atoms with Gasteiger partial charge in [-0.25, -0.2) is 9.78 Å². The maximum atomic E-state index is 12.8. The van der Waals surface area contributed by atoms with Crippen LogP contribution in [0.3, 0.4) is 0 Å². The summed E-state index contributed by atoms with van der Waals surface area (Å²) < 4.78 is 35.2. The van der Waals surface area contributed by atoms with Crippen molar-refractivity contribution in [1.82, 2.24) is 24.4 Å². The molecule has 1 aliphatic rings. The summed E-state index contributed by atoms with van der Waals surface area (Å²) in [5, 5.41) is 11.1. The molecule has 2 aromatic heterocycles. The second kappa shape index (κ2) is 9.86. The number of nitrogens with zero attached hydrogens (tertiary/aromatic N) is 5. The lowest BCUT2D eigenvalue weighted by Crippen LogP contribution is -2.44. The van der Waals surface area contributed by atoms with Crippen molar-refractivity contribution in [2.24, 2.45) is 7.05 Å². The summed E-state index contributed by atoms with van der Waals surface area (Å²) in [6.07, 6.45) is -3.18. The molecule has 3 heterocycles. The maximum Gasteiger partial charge on any atom is 0.490 e. The first-order valence-corrected chi connectivity index (χ1v) is 10.0. The number of nitrogens with one attached hydrogen (secondary N) is 1. The number of thioether (sulfide) groups is 1. The number of piperazine rings is 1. The fourth-order valence-corrected chi connectivity index (χ4v) is 3.26. The molecule has 0 spiro atoms. The minimum Gasteiger partial charge on any atom is -0.475 e. The van der Waals surface area contributed by atoms with Crippen molar-refractivity contribution in [3.05, 3.63) is 10.4 Å². The van der Waals surface area contributed by atoms with Crippen LogP contribution < -0.4 is 15.8 Å². The van der Waals surface area contributed by atoms with Crippen molar-refractivity contribution in [2.75, 3.05) is 37.3 Å². The van der Waals surface area contributed by atoms with E-state index in [1.807, 2.05) is 10.8 Å². The van der Waals surface area contributed by atoms with Gasteiger partial charge in [0.05, 0.1) is 6.54 Å². The largest absolute Gasteiger partial charge is 0.490 e. The van der Waals surface area contributed by atoms with Gasteiger partial charge in [-0.3, -0.25) is 13.9 Å². The van der Waals surface area contributed by atoms with Crippen LogP contribution in [0, 0.1) is 11.8 Å². The lowest BCUT2D eigenvalue weighted by Gasteiger charge is -2.28. The number of aromatic nitrogens is 4. The lowest BCUT2D eigenvalue weighted by molar-refractivity contribution is -0.192. The molecule has 2 aromatic rings. The molecule has 0 radical (unpaired) electrons. The van der Waals surface area contributed by atoms with E-state index in [2.05, 4.69) is 32.0 Å². The van der Waals surface area contributed by atoms with E-state index >= 15 is 0 Å². The van der Waals surface area contributed by atoms with E-state index in [0.717, 1.165) is 32.1 Å². The van der Waals surface area contributed by atoms with Gasteiger partial charge in [-0.15, -0.1) is 5.92 Å². The summed E-state index contributed by atoms with van der Waals surface area (Å²) >= 11 is 1.44. The third-order valence-corrected chi connectivity index (χ3v) is 4.89. The monoisotopic (exact) mass is 446 g/mol. The van der Waals surface area contributed by atoms with Gasteiger partial charge in [0.2, 0.25) is 5.95 Å². The van der Waals surface area contributed by atoms with Gasteiger partial charge in [0.15, 0.2) is 16.3 Å². The molecule has 3 rings (SSSR count). The second-order valence-corrected chi connectivity index (χ2v) is 6.87. The Morgan fingerprint density at radius 1 is 1.30 bits per heavy atom. The van der Waals surface area contributed by atoms with Crippen LogP contribution in [0.1, 0.15) is 6.92 Å². The van der Waals surface area contributed by atoms with Crippen LogP contribution in [0.2, 0.25) is 0 Å². The lowest BCUT2D eigenvalue weighted by atomic mass is 10.4. The number of alkyl halides is 3.